The van der Waals surface area contributed by atoms with Crippen molar-refractivity contribution < 1.29 is 35.7 Å². The highest BCUT2D eigenvalue weighted by Crippen LogP contribution is 2.52. The Morgan fingerprint density at radius 3 is 2.32 bits per heavy atom. The number of ether oxygens (including phenoxy) is 1. The molecule has 0 amide bonds. The highest BCUT2D eigenvalue weighted by molar-refractivity contribution is 8.04. The molecule has 1 aromatic carbocycles. The van der Waals surface area contributed by atoms with Crippen LogP contribution in [0.25, 0.3) is 0 Å². The molecule has 0 fully saturated rings. The maximum Gasteiger partial charge on any atom is 0.340 e. The molecule has 0 aliphatic rings. The molecule has 0 aliphatic heterocycles. The Morgan fingerprint density at radius 1 is 1.14 bits per heavy atom. The Balaban J connectivity index is 3.17. The lowest BCUT2D eigenvalue weighted by molar-refractivity contribution is 0.0501. The molecule has 0 aliphatic carbocycles. The Kier molecular flexibility index (Phi) is 10.7. The zero-order valence-electron chi connectivity index (χ0n) is 16.5. The first-order valence-corrected chi connectivity index (χ1v) is 13.3. The molecular formula is C17H27O8PS2. The zero-order chi connectivity index (χ0) is 21.2. The quantitative estimate of drug-likeness (QED) is 0.189. The summed E-state index contributed by atoms with van der Waals surface area (Å²) in [4.78, 5) is 12.9. The van der Waals surface area contributed by atoms with Crippen molar-refractivity contribution in [3.63, 3.8) is 0 Å². The van der Waals surface area contributed by atoms with Crippen molar-refractivity contribution in [2.75, 3.05) is 31.6 Å². The molecule has 0 saturated carbocycles. The first kappa shape index (κ1) is 25.1. The van der Waals surface area contributed by atoms with Gasteiger partial charge in [-0.25, -0.2) is 4.79 Å². The van der Waals surface area contributed by atoms with Crippen molar-refractivity contribution in [2.45, 2.75) is 38.7 Å². The second-order valence-electron chi connectivity index (χ2n) is 5.60. The van der Waals surface area contributed by atoms with Crippen molar-refractivity contribution in [3.8, 4) is 0 Å². The molecule has 0 bridgehead atoms. The molecule has 1 rings (SSSR count). The molecule has 28 heavy (non-hydrogen) atoms. The topological polar surface area (TPSA) is 105 Å². The normalized spacial score (nSPS) is 12.1. The predicted molar refractivity (Wildman–Crippen MR) is 108 cm³/mol. The van der Waals surface area contributed by atoms with Gasteiger partial charge in [0, 0.05) is 10.5 Å². The van der Waals surface area contributed by atoms with Crippen LogP contribution in [0.5, 0.6) is 0 Å². The molecule has 1 aromatic rings. The van der Waals surface area contributed by atoms with E-state index < -0.39 is 23.7 Å². The SMILES string of the molecule is CCCOC(=O)c1cccc(SCP(=O)(OCC)OCC)c1COS(C)(=O)=O. The van der Waals surface area contributed by atoms with Crippen molar-refractivity contribution in [2.24, 2.45) is 0 Å². The molecule has 0 N–H and O–H groups in total. The summed E-state index contributed by atoms with van der Waals surface area (Å²) in [6, 6.07) is 4.86. The van der Waals surface area contributed by atoms with Crippen LogP contribution in [0.1, 0.15) is 43.1 Å². The molecule has 8 nitrogen and oxygen atoms in total. The average Bonchev–Trinajstić information content (AvgIpc) is 2.62. The number of esters is 1. The minimum absolute atomic E-state index is 0.00795. The van der Waals surface area contributed by atoms with Gasteiger partial charge in [0.2, 0.25) is 0 Å². The Morgan fingerprint density at radius 2 is 1.79 bits per heavy atom. The maximum atomic E-state index is 12.7. The molecule has 0 unspecified atom stereocenters. The first-order valence-electron chi connectivity index (χ1n) is 8.80. The monoisotopic (exact) mass is 454 g/mol. The molecule has 0 atom stereocenters. The summed E-state index contributed by atoms with van der Waals surface area (Å²) in [5, 5.41) is 0. The van der Waals surface area contributed by atoms with Gasteiger partial charge in [-0.05, 0) is 32.4 Å². The molecule has 0 heterocycles. The van der Waals surface area contributed by atoms with Gasteiger partial charge in [-0.3, -0.25) is 8.75 Å². The van der Waals surface area contributed by atoms with E-state index in [0.29, 0.717) is 16.9 Å². The number of carbonyl (C=O) groups is 1. The third-order valence-electron chi connectivity index (χ3n) is 3.24. The van der Waals surface area contributed by atoms with E-state index in [4.69, 9.17) is 18.0 Å². The van der Waals surface area contributed by atoms with Crippen molar-refractivity contribution in [1.82, 2.24) is 0 Å². The van der Waals surface area contributed by atoms with E-state index in [0.717, 1.165) is 18.0 Å². The van der Waals surface area contributed by atoms with Crippen LogP contribution in [0, 0.1) is 0 Å². The van der Waals surface area contributed by atoms with Crippen LogP contribution in [-0.2, 0) is 39.3 Å². The van der Waals surface area contributed by atoms with E-state index >= 15 is 0 Å². The van der Waals surface area contributed by atoms with Gasteiger partial charge in [-0.15, -0.1) is 11.8 Å². The van der Waals surface area contributed by atoms with Crippen LogP contribution in [0.3, 0.4) is 0 Å². The Hall–Kier alpha value is -0.900. The number of thioether (sulfide) groups is 1. The van der Waals surface area contributed by atoms with E-state index in [2.05, 4.69) is 0 Å². The summed E-state index contributed by atoms with van der Waals surface area (Å²) in [7, 11) is -7.05. The van der Waals surface area contributed by atoms with E-state index in [1.807, 2.05) is 6.92 Å². The number of hydrogen-bond donors (Lipinski definition) is 0. The summed E-state index contributed by atoms with van der Waals surface area (Å²) in [6.45, 7) is 5.65. The van der Waals surface area contributed by atoms with E-state index in [9.17, 15) is 17.8 Å². The van der Waals surface area contributed by atoms with Gasteiger partial charge in [-0.1, -0.05) is 13.0 Å². The third kappa shape index (κ3) is 8.63. The van der Waals surface area contributed by atoms with Gasteiger partial charge >= 0.3 is 13.6 Å². The number of benzene rings is 1. The Bertz CT molecular complexity index is 784. The van der Waals surface area contributed by atoms with Crippen LogP contribution in [0.4, 0.5) is 0 Å². The van der Waals surface area contributed by atoms with Gasteiger partial charge in [0.15, 0.2) is 0 Å². The summed E-state index contributed by atoms with van der Waals surface area (Å²) < 4.78 is 56.2. The summed E-state index contributed by atoms with van der Waals surface area (Å²) in [5.41, 5.74) is 0.553. The highest BCUT2D eigenvalue weighted by Gasteiger charge is 2.26. The second-order valence-corrected chi connectivity index (χ2v) is 10.7. The van der Waals surface area contributed by atoms with Crippen LogP contribution in [-0.4, -0.2) is 46.0 Å². The standard InChI is InChI=1S/C17H27O8PS2/c1-5-11-22-17(18)14-9-8-10-16(15(14)12-25-28(4,20)21)27-13-26(19,23-6-2)24-7-3/h8-10H,5-7,11-13H2,1-4H3. The van der Waals surface area contributed by atoms with Crippen molar-refractivity contribution in [3.05, 3.63) is 29.3 Å². The maximum absolute atomic E-state index is 12.7. The third-order valence-corrected chi connectivity index (χ3v) is 7.56. The minimum atomic E-state index is -3.72. The number of rotatable bonds is 13. The van der Waals surface area contributed by atoms with Crippen LogP contribution >= 0.6 is 19.4 Å². The zero-order valence-corrected chi connectivity index (χ0v) is 19.0. The van der Waals surface area contributed by atoms with Gasteiger partial charge < -0.3 is 13.8 Å². The van der Waals surface area contributed by atoms with E-state index in [1.54, 1.807) is 26.0 Å². The second kappa shape index (κ2) is 11.9. The lowest BCUT2D eigenvalue weighted by Crippen LogP contribution is -2.12. The van der Waals surface area contributed by atoms with Gasteiger partial charge in [-0.2, -0.15) is 8.42 Å². The average molecular weight is 455 g/mol. The summed E-state index contributed by atoms with van der Waals surface area (Å²) in [5.74, 6) is -0.575. The highest BCUT2D eigenvalue weighted by atomic mass is 32.2. The summed E-state index contributed by atoms with van der Waals surface area (Å²) >= 11 is 1.14. The lowest BCUT2D eigenvalue weighted by Gasteiger charge is -2.18. The molecule has 0 aromatic heterocycles. The fourth-order valence-corrected chi connectivity index (χ4v) is 5.63. The van der Waals surface area contributed by atoms with Crippen molar-refractivity contribution in [1.29, 1.82) is 0 Å². The van der Waals surface area contributed by atoms with Crippen LogP contribution < -0.4 is 0 Å². The van der Waals surface area contributed by atoms with Gasteiger partial charge in [0.1, 0.15) is 5.49 Å². The largest absolute Gasteiger partial charge is 0.462 e. The molecule has 0 saturated heterocycles. The first-order chi connectivity index (χ1) is 13.2. The lowest BCUT2D eigenvalue weighted by atomic mass is 10.1. The fourth-order valence-electron chi connectivity index (χ4n) is 2.13. The van der Waals surface area contributed by atoms with E-state index in [1.165, 1.54) is 6.07 Å². The van der Waals surface area contributed by atoms with Gasteiger partial charge in [0.25, 0.3) is 10.1 Å². The molecular weight excluding hydrogens is 427 g/mol. The molecule has 0 radical (unpaired) electrons. The number of hydrogen-bond acceptors (Lipinski definition) is 9. The summed E-state index contributed by atoms with van der Waals surface area (Å²) in [6.07, 6.45) is 1.58. The fraction of sp³-hybridized carbons (Fsp3) is 0.588. The molecule has 11 heteroatoms. The van der Waals surface area contributed by atoms with Crippen LogP contribution in [0.15, 0.2) is 23.1 Å². The van der Waals surface area contributed by atoms with Crippen molar-refractivity contribution >= 4 is 35.4 Å². The predicted octanol–water partition coefficient (Wildman–Crippen LogP) is 4.05. The van der Waals surface area contributed by atoms with Crippen LogP contribution in [0.2, 0.25) is 0 Å². The molecule has 0 spiro atoms. The number of carbonyl (C=O) groups excluding carboxylic acids is 1. The smallest absolute Gasteiger partial charge is 0.340 e. The minimum Gasteiger partial charge on any atom is -0.462 e. The Labute approximate surface area is 170 Å². The van der Waals surface area contributed by atoms with Gasteiger partial charge in [0.05, 0.1) is 38.2 Å². The van der Waals surface area contributed by atoms with E-state index in [-0.39, 0.29) is 37.5 Å². The molecule has 160 valence electrons.